The van der Waals surface area contributed by atoms with Crippen LogP contribution in [-0.4, -0.2) is 24.0 Å². The van der Waals surface area contributed by atoms with Gasteiger partial charge in [-0.3, -0.25) is 4.98 Å². The molecule has 1 aromatic heterocycles. The molecule has 0 aliphatic heterocycles. The highest BCUT2D eigenvalue weighted by Crippen LogP contribution is 2.22. The van der Waals surface area contributed by atoms with Gasteiger partial charge in [-0.1, -0.05) is 24.3 Å². The molecule has 1 radical (unpaired) electrons. The van der Waals surface area contributed by atoms with Crippen molar-refractivity contribution in [2.75, 3.05) is 14.1 Å². The van der Waals surface area contributed by atoms with E-state index in [1.54, 1.807) is 6.20 Å². The summed E-state index contributed by atoms with van der Waals surface area (Å²) in [5.74, 6) is 0. The molecular formula is C14H15N2. The van der Waals surface area contributed by atoms with Crippen LogP contribution >= 0.6 is 0 Å². The van der Waals surface area contributed by atoms with Crippen molar-refractivity contribution in [3.63, 3.8) is 0 Å². The molecule has 0 bridgehead atoms. The summed E-state index contributed by atoms with van der Waals surface area (Å²) in [4.78, 5) is 6.30. The molecule has 0 aliphatic rings. The largest absolute Gasteiger partial charge is 0.305 e. The summed E-state index contributed by atoms with van der Waals surface area (Å²) >= 11 is 0. The van der Waals surface area contributed by atoms with Gasteiger partial charge in [-0.25, -0.2) is 0 Å². The van der Waals surface area contributed by atoms with Crippen LogP contribution in [0.1, 0.15) is 5.56 Å². The van der Waals surface area contributed by atoms with Crippen molar-refractivity contribution in [2.45, 2.75) is 6.54 Å². The van der Waals surface area contributed by atoms with Gasteiger partial charge < -0.3 is 4.90 Å². The zero-order chi connectivity index (χ0) is 11.4. The standard InChI is InChI=1S/C14H15N2/c1-16(2)11-13-6-3-4-8-14(13)12-7-5-9-15-10-12/h3-5,7-10H,11H2,1-2H3. The molecule has 81 valence electrons. The number of hydrogen-bond acceptors (Lipinski definition) is 2. The van der Waals surface area contributed by atoms with E-state index in [-0.39, 0.29) is 0 Å². The van der Waals surface area contributed by atoms with E-state index in [9.17, 15) is 0 Å². The Labute approximate surface area is 96.6 Å². The molecule has 2 heteroatoms. The third-order valence-electron chi connectivity index (χ3n) is 2.39. The normalized spacial score (nSPS) is 10.7. The monoisotopic (exact) mass is 211 g/mol. The van der Waals surface area contributed by atoms with Crippen molar-refractivity contribution in [3.05, 3.63) is 54.4 Å². The van der Waals surface area contributed by atoms with Gasteiger partial charge in [0.2, 0.25) is 0 Å². The topological polar surface area (TPSA) is 16.1 Å². The number of nitrogens with zero attached hydrogens (tertiary/aromatic N) is 2. The second-order valence-corrected chi connectivity index (χ2v) is 4.04. The highest BCUT2D eigenvalue weighted by molar-refractivity contribution is 5.66. The number of benzene rings is 1. The predicted octanol–water partition coefficient (Wildman–Crippen LogP) is 2.61. The molecule has 0 aliphatic carbocycles. The summed E-state index contributed by atoms with van der Waals surface area (Å²) in [6, 6.07) is 13.4. The third-order valence-corrected chi connectivity index (χ3v) is 2.39. The molecule has 0 fully saturated rings. The molecule has 0 spiro atoms. The average Bonchev–Trinajstić information content (AvgIpc) is 2.30. The molecule has 0 unspecified atom stereocenters. The maximum absolute atomic E-state index is 4.15. The Kier molecular flexibility index (Phi) is 3.32. The van der Waals surface area contributed by atoms with E-state index in [0.29, 0.717) is 0 Å². The summed E-state index contributed by atoms with van der Waals surface area (Å²) in [5, 5.41) is 0. The van der Waals surface area contributed by atoms with E-state index in [1.807, 2.05) is 24.4 Å². The van der Waals surface area contributed by atoms with Crippen LogP contribution in [-0.2, 0) is 6.54 Å². The van der Waals surface area contributed by atoms with Gasteiger partial charge in [-0.15, -0.1) is 0 Å². The Morgan fingerprint density at radius 2 is 2.12 bits per heavy atom. The average molecular weight is 211 g/mol. The zero-order valence-corrected chi connectivity index (χ0v) is 9.64. The second-order valence-electron chi connectivity index (χ2n) is 4.04. The number of rotatable bonds is 3. The Morgan fingerprint density at radius 1 is 1.25 bits per heavy atom. The first-order valence-corrected chi connectivity index (χ1v) is 5.32. The molecular weight excluding hydrogens is 196 g/mol. The van der Waals surface area contributed by atoms with Crippen molar-refractivity contribution in [1.82, 2.24) is 9.88 Å². The van der Waals surface area contributed by atoms with Gasteiger partial charge in [-0.2, -0.15) is 0 Å². The molecule has 0 saturated heterocycles. The predicted molar refractivity (Wildman–Crippen MR) is 65.9 cm³/mol. The Morgan fingerprint density at radius 3 is 2.81 bits per heavy atom. The molecule has 2 rings (SSSR count). The molecule has 2 aromatic rings. The zero-order valence-electron chi connectivity index (χ0n) is 9.64. The van der Waals surface area contributed by atoms with Crippen molar-refractivity contribution in [2.24, 2.45) is 0 Å². The maximum atomic E-state index is 4.15. The lowest BCUT2D eigenvalue weighted by atomic mass is 10.0. The Bertz CT molecular complexity index is 449. The van der Waals surface area contributed by atoms with Gasteiger partial charge in [0.1, 0.15) is 0 Å². The first-order valence-electron chi connectivity index (χ1n) is 5.32. The Balaban J connectivity index is 2.41. The maximum Gasteiger partial charge on any atom is 0.0346 e. The van der Waals surface area contributed by atoms with Crippen LogP contribution in [0.2, 0.25) is 0 Å². The lowest BCUT2D eigenvalue weighted by Gasteiger charge is -2.13. The van der Waals surface area contributed by atoms with Gasteiger partial charge in [0, 0.05) is 24.5 Å². The SMILES string of the molecule is CN(C)Cc1[c]cccc1-c1cccnc1. The fraction of sp³-hybridized carbons (Fsp3) is 0.214. The van der Waals surface area contributed by atoms with Crippen molar-refractivity contribution >= 4 is 0 Å². The lowest BCUT2D eigenvalue weighted by Crippen LogP contribution is -2.11. The third kappa shape index (κ3) is 2.47. The summed E-state index contributed by atoms with van der Waals surface area (Å²) in [7, 11) is 4.13. The van der Waals surface area contributed by atoms with Crippen LogP contribution in [0, 0.1) is 6.07 Å². The van der Waals surface area contributed by atoms with E-state index >= 15 is 0 Å². The van der Waals surface area contributed by atoms with Gasteiger partial charge in [0.25, 0.3) is 0 Å². The molecule has 1 aromatic carbocycles. The molecule has 0 atom stereocenters. The van der Waals surface area contributed by atoms with Crippen molar-refractivity contribution < 1.29 is 0 Å². The van der Waals surface area contributed by atoms with Gasteiger partial charge >= 0.3 is 0 Å². The number of hydrogen-bond donors (Lipinski definition) is 0. The molecule has 1 heterocycles. The van der Waals surface area contributed by atoms with Gasteiger partial charge in [0.05, 0.1) is 0 Å². The van der Waals surface area contributed by atoms with Crippen molar-refractivity contribution in [1.29, 1.82) is 0 Å². The minimum absolute atomic E-state index is 0.894. The minimum atomic E-state index is 0.894. The van der Waals surface area contributed by atoms with E-state index in [1.165, 1.54) is 11.1 Å². The molecule has 0 amide bonds. The fourth-order valence-electron chi connectivity index (χ4n) is 1.71. The summed E-state index contributed by atoms with van der Waals surface area (Å²) in [6.45, 7) is 0.894. The van der Waals surface area contributed by atoms with Crippen LogP contribution in [0.3, 0.4) is 0 Å². The fourth-order valence-corrected chi connectivity index (χ4v) is 1.71. The van der Waals surface area contributed by atoms with Gasteiger partial charge in [0.15, 0.2) is 0 Å². The van der Waals surface area contributed by atoms with E-state index < -0.39 is 0 Å². The number of aromatic nitrogens is 1. The van der Waals surface area contributed by atoms with Crippen LogP contribution in [0.4, 0.5) is 0 Å². The number of pyridine rings is 1. The summed E-state index contributed by atoms with van der Waals surface area (Å²) in [5.41, 5.74) is 3.57. The molecule has 0 saturated carbocycles. The van der Waals surface area contributed by atoms with Crippen LogP contribution < -0.4 is 0 Å². The highest BCUT2D eigenvalue weighted by Gasteiger charge is 2.05. The quantitative estimate of drug-likeness (QED) is 0.775. The molecule has 0 N–H and O–H groups in total. The summed E-state index contributed by atoms with van der Waals surface area (Å²) in [6.07, 6.45) is 3.68. The Hall–Kier alpha value is -1.67. The second kappa shape index (κ2) is 4.90. The van der Waals surface area contributed by atoms with Gasteiger partial charge in [-0.05, 0) is 37.4 Å². The molecule has 16 heavy (non-hydrogen) atoms. The minimum Gasteiger partial charge on any atom is -0.305 e. The van der Waals surface area contributed by atoms with Crippen LogP contribution in [0.15, 0.2) is 42.7 Å². The van der Waals surface area contributed by atoms with E-state index in [0.717, 1.165) is 12.1 Å². The van der Waals surface area contributed by atoms with Crippen LogP contribution in [0.5, 0.6) is 0 Å². The van der Waals surface area contributed by atoms with Crippen molar-refractivity contribution in [3.8, 4) is 11.1 Å². The van der Waals surface area contributed by atoms with E-state index in [2.05, 4.69) is 42.2 Å². The smallest absolute Gasteiger partial charge is 0.0346 e. The first kappa shape index (κ1) is 10.8. The van der Waals surface area contributed by atoms with E-state index in [4.69, 9.17) is 0 Å². The van der Waals surface area contributed by atoms with Crippen LogP contribution in [0.25, 0.3) is 11.1 Å². The lowest BCUT2D eigenvalue weighted by molar-refractivity contribution is 0.403. The highest BCUT2D eigenvalue weighted by atomic mass is 15.0. The molecule has 2 nitrogen and oxygen atoms in total. The first-order chi connectivity index (χ1) is 7.77. The summed E-state index contributed by atoms with van der Waals surface area (Å²) < 4.78 is 0.